The number of hydrogen-bond acceptors (Lipinski definition) is 5. The van der Waals surface area contributed by atoms with E-state index in [4.69, 9.17) is 0 Å². The van der Waals surface area contributed by atoms with Gasteiger partial charge in [-0.2, -0.15) is 0 Å². The summed E-state index contributed by atoms with van der Waals surface area (Å²) >= 11 is 1.24. The maximum atomic E-state index is 11.7. The van der Waals surface area contributed by atoms with E-state index in [-0.39, 0.29) is 17.4 Å². The van der Waals surface area contributed by atoms with Gasteiger partial charge in [-0.05, 0) is 24.3 Å². The minimum Gasteiger partial charge on any atom is -0.453 e. The number of anilines is 1. The molecule has 0 saturated heterocycles. The van der Waals surface area contributed by atoms with Gasteiger partial charge in [0.1, 0.15) is 5.00 Å². The number of ether oxygens (including phenoxy) is 1. The molecule has 3 amide bonds. The van der Waals surface area contributed by atoms with Gasteiger partial charge in [-0.25, -0.2) is 4.79 Å². The summed E-state index contributed by atoms with van der Waals surface area (Å²) < 4.78 is 4.33. The predicted octanol–water partition coefficient (Wildman–Crippen LogP) is 1.59. The molecule has 1 saturated carbocycles. The van der Waals surface area contributed by atoms with Gasteiger partial charge >= 0.3 is 6.09 Å². The Labute approximate surface area is 107 Å². The topological polar surface area (TPSA) is 84.5 Å². The highest BCUT2D eigenvalue weighted by Crippen LogP contribution is 2.32. The number of methoxy groups -OCH3 is 1. The second kappa shape index (κ2) is 5.18. The molecule has 0 bridgehead atoms. The molecular weight excluding hydrogens is 256 g/mol. The smallest absolute Gasteiger partial charge is 0.413 e. The van der Waals surface area contributed by atoms with Gasteiger partial charge in [-0.3, -0.25) is 14.9 Å². The first-order valence-corrected chi connectivity index (χ1v) is 6.27. The third-order valence-corrected chi connectivity index (χ3v) is 3.33. The maximum absolute atomic E-state index is 11.7. The number of nitrogens with one attached hydrogen (secondary N) is 2. The molecule has 0 radical (unpaired) electrons. The minimum atomic E-state index is -0.828. The van der Waals surface area contributed by atoms with Crippen LogP contribution in [0.5, 0.6) is 0 Å². The summed E-state index contributed by atoms with van der Waals surface area (Å²) in [6.07, 6.45) is 0.951. The Morgan fingerprint density at radius 1 is 1.39 bits per heavy atom. The second-order valence-corrected chi connectivity index (χ2v) is 4.79. The first-order chi connectivity index (χ1) is 8.61. The highest BCUT2D eigenvalue weighted by atomic mass is 32.1. The lowest BCUT2D eigenvalue weighted by atomic mass is 10.3. The van der Waals surface area contributed by atoms with Gasteiger partial charge in [0.05, 0.1) is 12.7 Å². The summed E-state index contributed by atoms with van der Waals surface area (Å²) in [4.78, 5) is 34.2. The Morgan fingerprint density at radius 3 is 2.72 bits per heavy atom. The molecule has 0 atom stereocenters. The summed E-state index contributed by atoms with van der Waals surface area (Å²) in [6, 6.07) is 1.55. The quantitative estimate of drug-likeness (QED) is 0.872. The van der Waals surface area contributed by atoms with Crippen LogP contribution in [-0.2, 0) is 9.53 Å². The van der Waals surface area contributed by atoms with Crippen LogP contribution >= 0.6 is 11.3 Å². The molecule has 0 spiro atoms. The van der Waals surface area contributed by atoms with Crippen molar-refractivity contribution in [3.05, 3.63) is 17.0 Å². The molecular formula is C11H12N2O4S. The zero-order chi connectivity index (χ0) is 13.1. The van der Waals surface area contributed by atoms with Gasteiger partial charge in [-0.1, -0.05) is 0 Å². The predicted molar refractivity (Wildman–Crippen MR) is 65.5 cm³/mol. The van der Waals surface area contributed by atoms with Gasteiger partial charge in [-0.15, -0.1) is 11.3 Å². The molecule has 1 fully saturated rings. The molecule has 7 heteroatoms. The van der Waals surface area contributed by atoms with E-state index >= 15 is 0 Å². The Bertz CT molecular complexity index is 493. The van der Waals surface area contributed by atoms with Crippen molar-refractivity contribution in [2.75, 3.05) is 12.4 Å². The molecule has 0 unspecified atom stereocenters. The second-order valence-electron chi connectivity index (χ2n) is 3.87. The average molecular weight is 268 g/mol. The SMILES string of the molecule is COC(=O)NC(=O)c1ccsc1NC(=O)C1CC1. The van der Waals surface area contributed by atoms with Crippen LogP contribution in [0.15, 0.2) is 11.4 Å². The maximum Gasteiger partial charge on any atom is 0.413 e. The van der Waals surface area contributed by atoms with E-state index in [1.807, 2.05) is 5.32 Å². The van der Waals surface area contributed by atoms with Crippen LogP contribution in [0, 0.1) is 5.92 Å². The molecule has 1 aliphatic carbocycles. The summed E-state index contributed by atoms with van der Waals surface area (Å²) in [5.74, 6) is -0.609. The minimum absolute atomic E-state index is 0.0589. The van der Waals surface area contributed by atoms with Crippen molar-refractivity contribution in [1.82, 2.24) is 5.32 Å². The van der Waals surface area contributed by atoms with Gasteiger partial charge in [0.2, 0.25) is 5.91 Å². The first kappa shape index (κ1) is 12.6. The summed E-state index contributed by atoms with van der Waals surface area (Å²) in [6.45, 7) is 0. The standard InChI is InChI=1S/C11H12N2O4S/c1-17-11(16)13-9(15)7-4-5-18-10(7)12-8(14)6-2-3-6/h4-6H,2-3H2,1H3,(H,12,14)(H,13,15,16). The van der Waals surface area contributed by atoms with Crippen molar-refractivity contribution in [1.29, 1.82) is 0 Å². The molecule has 2 rings (SSSR count). The van der Waals surface area contributed by atoms with E-state index in [2.05, 4.69) is 10.1 Å². The van der Waals surface area contributed by atoms with Gasteiger partial charge in [0, 0.05) is 5.92 Å². The lowest BCUT2D eigenvalue weighted by Crippen LogP contribution is -2.30. The van der Waals surface area contributed by atoms with E-state index in [1.54, 1.807) is 11.4 Å². The number of thiophene rings is 1. The van der Waals surface area contributed by atoms with Crippen molar-refractivity contribution in [2.45, 2.75) is 12.8 Å². The number of carbonyl (C=O) groups excluding carboxylic acids is 3. The lowest BCUT2D eigenvalue weighted by Gasteiger charge is -2.05. The van der Waals surface area contributed by atoms with Crippen LogP contribution in [0.3, 0.4) is 0 Å². The molecule has 2 N–H and O–H groups in total. The third-order valence-electron chi connectivity index (χ3n) is 2.50. The Morgan fingerprint density at radius 2 is 2.11 bits per heavy atom. The van der Waals surface area contributed by atoms with E-state index in [9.17, 15) is 14.4 Å². The molecule has 96 valence electrons. The monoisotopic (exact) mass is 268 g/mol. The highest BCUT2D eigenvalue weighted by Gasteiger charge is 2.30. The molecule has 1 heterocycles. The Balaban J connectivity index is 2.04. The van der Waals surface area contributed by atoms with Crippen molar-refractivity contribution >= 4 is 34.2 Å². The highest BCUT2D eigenvalue weighted by molar-refractivity contribution is 7.14. The number of imide groups is 1. The number of rotatable bonds is 3. The van der Waals surface area contributed by atoms with E-state index < -0.39 is 12.0 Å². The molecule has 1 aliphatic rings. The zero-order valence-corrected chi connectivity index (χ0v) is 10.5. The fraction of sp³-hybridized carbons (Fsp3) is 0.364. The van der Waals surface area contributed by atoms with Crippen LogP contribution < -0.4 is 10.6 Å². The van der Waals surface area contributed by atoms with E-state index in [0.29, 0.717) is 5.00 Å². The summed E-state index contributed by atoms with van der Waals surface area (Å²) in [5, 5.41) is 6.86. The first-order valence-electron chi connectivity index (χ1n) is 5.39. The van der Waals surface area contributed by atoms with Crippen molar-refractivity contribution < 1.29 is 19.1 Å². The van der Waals surface area contributed by atoms with Gasteiger partial charge in [0.25, 0.3) is 5.91 Å². The van der Waals surface area contributed by atoms with E-state index in [1.165, 1.54) is 18.4 Å². The van der Waals surface area contributed by atoms with Gasteiger partial charge < -0.3 is 10.1 Å². The fourth-order valence-electron chi connectivity index (χ4n) is 1.36. The summed E-state index contributed by atoms with van der Waals surface area (Å²) in [5.41, 5.74) is 0.263. The number of carbonyl (C=O) groups is 3. The lowest BCUT2D eigenvalue weighted by molar-refractivity contribution is -0.117. The fourth-order valence-corrected chi connectivity index (χ4v) is 2.14. The number of hydrogen-bond donors (Lipinski definition) is 2. The number of alkyl carbamates (subject to hydrolysis) is 1. The average Bonchev–Trinajstić information content (AvgIpc) is 3.10. The van der Waals surface area contributed by atoms with Gasteiger partial charge in [0.15, 0.2) is 0 Å². The molecule has 0 aliphatic heterocycles. The van der Waals surface area contributed by atoms with E-state index in [0.717, 1.165) is 12.8 Å². The van der Waals surface area contributed by atoms with Crippen molar-refractivity contribution in [2.24, 2.45) is 5.92 Å². The van der Waals surface area contributed by atoms with Crippen molar-refractivity contribution in [3.63, 3.8) is 0 Å². The molecule has 6 nitrogen and oxygen atoms in total. The largest absolute Gasteiger partial charge is 0.453 e. The molecule has 1 aromatic rings. The van der Waals surface area contributed by atoms with Crippen LogP contribution in [-0.4, -0.2) is 25.0 Å². The summed E-state index contributed by atoms with van der Waals surface area (Å²) in [7, 11) is 1.17. The zero-order valence-electron chi connectivity index (χ0n) is 9.69. The van der Waals surface area contributed by atoms with Crippen LogP contribution in [0.4, 0.5) is 9.80 Å². The van der Waals surface area contributed by atoms with Crippen LogP contribution in [0.2, 0.25) is 0 Å². The normalized spacial score (nSPS) is 13.8. The van der Waals surface area contributed by atoms with Crippen LogP contribution in [0.1, 0.15) is 23.2 Å². The Hall–Kier alpha value is -1.89. The van der Waals surface area contributed by atoms with Crippen LogP contribution in [0.25, 0.3) is 0 Å². The van der Waals surface area contributed by atoms with Crippen molar-refractivity contribution in [3.8, 4) is 0 Å². The molecule has 0 aromatic carbocycles. The molecule has 18 heavy (non-hydrogen) atoms. The number of amides is 3. The third kappa shape index (κ3) is 2.86. The molecule has 1 aromatic heterocycles. The Kier molecular flexibility index (Phi) is 3.61.